The van der Waals surface area contributed by atoms with E-state index < -0.39 is 16.0 Å². The third kappa shape index (κ3) is 6.75. The third-order valence-electron chi connectivity index (χ3n) is 2.60. The summed E-state index contributed by atoms with van der Waals surface area (Å²) in [5.74, 6) is -1.21. The van der Waals surface area contributed by atoms with E-state index in [4.69, 9.17) is 5.11 Å². The zero-order valence-corrected chi connectivity index (χ0v) is 12.7. The van der Waals surface area contributed by atoms with Crippen LogP contribution in [-0.4, -0.2) is 31.7 Å². The maximum atomic E-state index is 11.6. The summed E-state index contributed by atoms with van der Waals surface area (Å²) in [6, 6.07) is 4.78. The standard InChI is InChI=1S/C13H18N2O5S/c1-9-8-10(6-7-11(9)15-21(2,19)20)14-12(16)4-3-5-13(17)18/h6-8,15H,3-5H2,1-2H3,(H,14,16)(H,17,18). The van der Waals surface area contributed by atoms with Crippen molar-refractivity contribution in [3.8, 4) is 0 Å². The molecule has 0 saturated heterocycles. The van der Waals surface area contributed by atoms with Gasteiger partial charge in [-0.2, -0.15) is 0 Å². The lowest BCUT2D eigenvalue weighted by Crippen LogP contribution is -2.13. The van der Waals surface area contributed by atoms with Gasteiger partial charge in [-0.25, -0.2) is 8.42 Å². The Balaban J connectivity index is 2.63. The Hall–Kier alpha value is -2.09. The van der Waals surface area contributed by atoms with E-state index in [2.05, 4.69) is 10.0 Å². The number of sulfonamides is 1. The fourth-order valence-corrected chi connectivity index (χ4v) is 2.31. The normalized spacial score (nSPS) is 11.0. The first-order valence-electron chi connectivity index (χ1n) is 6.27. The van der Waals surface area contributed by atoms with Crippen molar-refractivity contribution in [3.63, 3.8) is 0 Å². The van der Waals surface area contributed by atoms with Gasteiger partial charge in [-0.15, -0.1) is 0 Å². The second-order valence-corrected chi connectivity index (χ2v) is 6.45. The van der Waals surface area contributed by atoms with Crippen molar-refractivity contribution in [1.82, 2.24) is 0 Å². The Labute approximate surface area is 123 Å². The molecule has 0 spiro atoms. The Morgan fingerprint density at radius 3 is 2.43 bits per heavy atom. The van der Waals surface area contributed by atoms with Gasteiger partial charge in [-0.05, 0) is 37.1 Å². The molecule has 1 aromatic carbocycles. The molecule has 7 nitrogen and oxygen atoms in total. The van der Waals surface area contributed by atoms with Gasteiger partial charge in [-0.1, -0.05) is 0 Å². The zero-order chi connectivity index (χ0) is 16.0. The van der Waals surface area contributed by atoms with Gasteiger partial charge in [0.15, 0.2) is 0 Å². The SMILES string of the molecule is Cc1cc(NC(=O)CCCC(=O)O)ccc1NS(C)(=O)=O. The van der Waals surface area contributed by atoms with E-state index >= 15 is 0 Å². The van der Waals surface area contributed by atoms with Crippen LogP contribution in [0.1, 0.15) is 24.8 Å². The van der Waals surface area contributed by atoms with Crippen LogP contribution in [0.15, 0.2) is 18.2 Å². The minimum absolute atomic E-state index is 0.0519. The molecule has 0 aromatic heterocycles. The quantitative estimate of drug-likeness (QED) is 0.707. The van der Waals surface area contributed by atoms with Gasteiger partial charge in [0, 0.05) is 18.5 Å². The molecular formula is C13H18N2O5S. The van der Waals surface area contributed by atoms with Gasteiger partial charge in [0.1, 0.15) is 0 Å². The van der Waals surface area contributed by atoms with Crippen molar-refractivity contribution in [3.05, 3.63) is 23.8 Å². The summed E-state index contributed by atoms with van der Waals surface area (Å²) in [4.78, 5) is 22.0. The predicted molar refractivity (Wildman–Crippen MR) is 79.8 cm³/mol. The molecule has 0 aliphatic heterocycles. The molecule has 0 atom stereocenters. The van der Waals surface area contributed by atoms with Gasteiger partial charge in [0.2, 0.25) is 15.9 Å². The number of carboxylic acid groups (broad SMARTS) is 1. The predicted octanol–water partition coefficient (Wildman–Crippen LogP) is 1.56. The molecule has 0 radical (unpaired) electrons. The fraction of sp³-hybridized carbons (Fsp3) is 0.385. The number of aryl methyl sites for hydroxylation is 1. The Bertz CT molecular complexity index is 640. The fourth-order valence-electron chi connectivity index (χ4n) is 1.68. The maximum absolute atomic E-state index is 11.6. The number of nitrogens with one attached hydrogen (secondary N) is 2. The van der Waals surface area contributed by atoms with Crippen LogP contribution in [0.5, 0.6) is 0 Å². The monoisotopic (exact) mass is 314 g/mol. The van der Waals surface area contributed by atoms with Crippen molar-refractivity contribution in [1.29, 1.82) is 0 Å². The van der Waals surface area contributed by atoms with Gasteiger partial charge >= 0.3 is 5.97 Å². The van der Waals surface area contributed by atoms with E-state index in [1.807, 2.05) is 0 Å². The number of anilines is 2. The van der Waals surface area contributed by atoms with Crippen molar-refractivity contribution < 1.29 is 23.1 Å². The van der Waals surface area contributed by atoms with Gasteiger partial charge in [0.25, 0.3) is 0 Å². The molecular weight excluding hydrogens is 296 g/mol. The number of rotatable bonds is 7. The lowest BCUT2D eigenvalue weighted by atomic mass is 10.1. The van der Waals surface area contributed by atoms with Crippen molar-refractivity contribution in [2.45, 2.75) is 26.2 Å². The summed E-state index contributed by atoms with van der Waals surface area (Å²) in [7, 11) is -3.35. The van der Waals surface area contributed by atoms with Crippen LogP contribution in [0.25, 0.3) is 0 Å². The Kier molecular flexibility index (Phi) is 5.71. The maximum Gasteiger partial charge on any atom is 0.303 e. The lowest BCUT2D eigenvalue weighted by Gasteiger charge is -2.10. The lowest BCUT2D eigenvalue weighted by molar-refractivity contribution is -0.137. The molecule has 21 heavy (non-hydrogen) atoms. The van der Waals surface area contributed by atoms with Gasteiger partial charge < -0.3 is 10.4 Å². The van der Waals surface area contributed by atoms with E-state index in [0.29, 0.717) is 16.9 Å². The highest BCUT2D eigenvalue weighted by molar-refractivity contribution is 7.92. The molecule has 0 unspecified atom stereocenters. The van der Waals surface area contributed by atoms with E-state index in [-0.39, 0.29) is 25.2 Å². The first kappa shape index (κ1) is 17.0. The molecule has 0 aliphatic carbocycles. The number of hydrogen-bond donors (Lipinski definition) is 3. The van der Waals surface area contributed by atoms with Crippen molar-refractivity contribution in [2.75, 3.05) is 16.3 Å². The number of aliphatic carboxylic acids is 1. The summed E-state index contributed by atoms with van der Waals surface area (Å²) in [6.07, 6.45) is 1.40. The summed E-state index contributed by atoms with van der Waals surface area (Å²) >= 11 is 0. The molecule has 0 bridgehead atoms. The van der Waals surface area contributed by atoms with Crippen LogP contribution < -0.4 is 10.0 Å². The molecule has 1 amide bonds. The van der Waals surface area contributed by atoms with Crippen LogP contribution >= 0.6 is 0 Å². The largest absolute Gasteiger partial charge is 0.481 e. The number of amides is 1. The number of carboxylic acids is 1. The average Bonchev–Trinajstić information content (AvgIpc) is 2.30. The second kappa shape index (κ2) is 7.07. The molecule has 0 aliphatic rings. The van der Waals surface area contributed by atoms with Gasteiger partial charge in [-0.3, -0.25) is 14.3 Å². The second-order valence-electron chi connectivity index (χ2n) is 4.70. The Morgan fingerprint density at radius 1 is 1.24 bits per heavy atom. The molecule has 116 valence electrons. The molecule has 0 saturated carbocycles. The van der Waals surface area contributed by atoms with Crippen LogP contribution in [0.4, 0.5) is 11.4 Å². The molecule has 3 N–H and O–H groups in total. The minimum Gasteiger partial charge on any atom is -0.481 e. The number of hydrogen-bond acceptors (Lipinski definition) is 4. The van der Waals surface area contributed by atoms with Crippen LogP contribution in [-0.2, 0) is 19.6 Å². The molecule has 0 fully saturated rings. The number of carbonyl (C=O) groups is 2. The first-order chi connectivity index (χ1) is 9.67. The zero-order valence-electron chi connectivity index (χ0n) is 11.8. The highest BCUT2D eigenvalue weighted by atomic mass is 32.2. The van der Waals surface area contributed by atoms with Crippen molar-refractivity contribution in [2.24, 2.45) is 0 Å². The summed E-state index contributed by atoms with van der Waals surface area (Å²) in [6.45, 7) is 1.72. The van der Waals surface area contributed by atoms with Crippen LogP contribution in [0, 0.1) is 6.92 Å². The topological polar surface area (TPSA) is 113 Å². The van der Waals surface area contributed by atoms with E-state index in [1.165, 1.54) is 0 Å². The van der Waals surface area contributed by atoms with E-state index in [0.717, 1.165) is 6.26 Å². The third-order valence-corrected chi connectivity index (χ3v) is 3.19. The minimum atomic E-state index is -3.35. The first-order valence-corrected chi connectivity index (χ1v) is 8.16. The van der Waals surface area contributed by atoms with E-state index in [1.54, 1.807) is 25.1 Å². The molecule has 1 rings (SSSR count). The van der Waals surface area contributed by atoms with E-state index in [9.17, 15) is 18.0 Å². The van der Waals surface area contributed by atoms with Crippen LogP contribution in [0.2, 0.25) is 0 Å². The molecule has 0 heterocycles. The molecule has 1 aromatic rings. The number of benzene rings is 1. The number of carbonyl (C=O) groups excluding carboxylic acids is 1. The average molecular weight is 314 g/mol. The highest BCUT2D eigenvalue weighted by Gasteiger charge is 2.08. The van der Waals surface area contributed by atoms with Crippen LogP contribution in [0.3, 0.4) is 0 Å². The summed E-state index contributed by atoms with van der Waals surface area (Å²) < 4.78 is 24.7. The van der Waals surface area contributed by atoms with Crippen molar-refractivity contribution >= 4 is 33.3 Å². The molecule has 8 heteroatoms. The highest BCUT2D eigenvalue weighted by Crippen LogP contribution is 2.20. The van der Waals surface area contributed by atoms with Gasteiger partial charge in [0.05, 0.1) is 11.9 Å². The summed E-state index contributed by atoms with van der Waals surface area (Å²) in [5.41, 5.74) is 1.65. The Morgan fingerprint density at radius 2 is 1.90 bits per heavy atom. The summed E-state index contributed by atoms with van der Waals surface area (Å²) in [5, 5.41) is 11.1. The smallest absolute Gasteiger partial charge is 0.303 e.